The van der Waals surface area contributed by atoms with E-state index in [1.165, 1.54) is 0 Å². The van der Waals surface area contributed by atoms with Crippen LogP contribution in [0.1, 0.15) is 12.0 Å². The molecule has 3 nitrogen and oxygen atoms in total. The molecule has 1 aromatic rings. The molecule has 1 aromatic heterocycles. The quantitative estimate of drug-likeness (QED) is 0.768. The number of hydrogen-bond acceptors (Lipinski definition) is 3. The largest absolute Gasteiger partial charge is 0.349 e. The van der Waals surface area contributed by atoms with Crippen LogP contribution in [0.2, 0.25) is 0 Å². The number of Topliss-reactive ketones (excluding diaryl/α,β-unsaturated/α-hetero) is 1. The fraction of sp³-hybridized carbons (Fsp3) is 0.400. The Hall–Kier alpha value is -0.900. The Morgan fingerprint density at radius 3 is 2.93 bits per heavy atom. The van der Waals surface area contributed by atoms with Crippen LogP contribution in [0.5, 0.6) is 0 Å². The van der Waals surface area contributed by atoms with Crippen molar-refractivity contribution < 1.29 is 4.79 Å². The number of ketones is 1. The van der Waals surface area contributed by atoms with Gasteiger partial charge in [-0.2, -0.15) is 0 Å². The predicted molar refractivity (Wildman–Crippen MR) is 58.5 cm³/mol. The van der Waals surface area contributed by atoms with Gasteiger partial charge in [0.15, 0.2) is 5.78 Å². The van der Waals surface area contributed by atoms with E-state index in [4.69, 9.17) is 0 Å². The molecular weight excluding hydrogens is 244 g/mol. The number of rotatable bonds is 1. The van der Waals surface area contributed by atoms with Crippen molar-refractivity contribution in [3.63, 3.8) is 0 Å². The van der Waals surface area contributed by atoms with Crippen molar-refractivity contribution >= 4 is 27.5 Å². The summed E-state index contributed by atoms with van der Waals surface area (Å²) < 4.78 is 1.01. The van der Waals surface area contributed by atoms with Gasteiger partial charge in [0.2, 0.25) is 0 Å². The summed E-state index contributed by atoms with van der Waals surface area (Å²) in [6.07, 6.45) is 2.43. The monoisotopic (exact) mass is 254 g/mol. The lowest BCUT2D eigenvalue weighted by molar-refractivity contribution is -0.116. The third kappa shape index (κ3) is 1.80. The fourth-order valence-electron chi connectivity index (χ4n) is 1.52. The number of hydrogen-bond donors (Lipinski definition) is 0. The van der Waals surface area contributed by atoms with Crippen LogP contribution in [0.4, 0.5) is 5.82 Å². The average Bonchev–Trinajstić information content (AvgIpc) is 2.57. The van der Waals surface area contributed by atoms with E-state index in [9.17, 15) is 4.79 Å². The van der Waals surface area contributed by atoms with Gasteiger partial charge in [0.25, 0.3) is 0 Å². The van der Waals surface area contributed by atoms with E-state index in [0.29, 0.717) is 18.7 Å². The van der Waals surface area contributed by atoms with Gasteiger partial charge < -0.3 is 4.90 Å². The molecule has 0 aliphatic carbocycles. The molecule has 2 rings (SSSR count). The van der Waals surface area contributed by atoms with Gasteiger partial charge in [0.1, 0.15) is 5.82 Å². The molecule has 0 radical (unpaired) electrons. The molecule has 0 aromatic carbocycles. The number of anilines is 1. The van der Waals surface area contributed by atoms with Crippen LogP contribution < -0.4 is 4.90 Å². The summed E-state index contributed by atoms with van der Waals surface area (Å²) >= 11 is 3.40. The SMILES string of the molecule is Cc1cc(N2CCC(=O)C2)ncc1Br. The maximum atomic E-state index is 11.1. The van der Waals surface area contributed by atoms with Crippen LogP contribution in [0.15, 0.2) is 16.7 Å². The molecule has 0 saturated carbocycles. The van der Waals surface area contributed by atoms with Gasteiger partial charge in [-0.3, -0.25) is 4.79 Å². The highest BCUT2D eigenvalue weighted by atomic mass is 79.9. The molecular formula is C10H11BrN2O. The Balaban J connectivity index is 2.24. The second kappa shape index (κ2) is 3.69. The number of halogens is 1. The topological polar surface area (TPSA) is 33.2 Å². The molecule has 0 N–H and O–H groups in total. The van der Waals surface area contributed by atoms with Crippen molar-refractivity contribution in [2.75, 3.05) is 18.0 Å². The van der Waals surface area contributed by atoms with E-state index < -0.39 is 0 Å². The summed E-state index contributed by atoms with van der Waals surface area (Å²) in [5.41, 5.74) is 1.15. The van der Waals surface area contributed by atoms with Crippen molar-refractivity contribution in [2.24, 2.45) is 0 Å². The molecule has 1 fully saturated rings. The van der Waals surface area contributed by atoms with Crippen LogP contribution >= 0.6 is 15.9 Å². The molecule has 1 aliphatic rings. The summed E-state index contributed by atoms with van der Waals surface area (Å²) in [4.78, 5) is 17.4. The summed E-state index contributed by atoms with van der Waals surface area (Å²) in [6.45, 7) is 3.33. The molecule has 0 amide bonds. The molecule has 4 heteroatoms. The highest BCUT2D eigenvalue weighted by Gasteiger charge is 2.20. The zero-order valence-corrected chi connectivity index (χ0v) is 9.54. The lowest BCUT2D eigenvalue weighted by Gasteiger charge is -2.15. The number of carbonyl (C=O) groups excluding carboxylic acids is 1. The van der Waals surface area contributed by atoms with Crippen molar-refractivity contribution in [3.8, 4) is 0 Å². The molecule has 0 bridgehead atoms. The van der Waals surface area contributed by atoms with Gasteiger partial charge in [-0.15, -0.1) is 0 Å². The Morgan fingerprint density at radius 2 is 2.36 bits per heavy atom. The molecule has 1 aliphatic heterocycles. The summed E-state index contributed by atoms with van der Waals surface area (Å²) in [5.74, 6) is 1.20. The molecule has 0 atom stereocenters. The Bertz CT molecular complexity index is 378. The minimum atomic E-state index is 0.298. The molecule has 14 heavy (non-hydrogen) atoms. The fourth-order valence-corrected chi connectivity index (χ4v) is 1.74. The second-order valence-corrected chi connectivity index (χ2v) is 4.36. The number of nitrogens with zero attached hydrogens (tertiary/aromatic N) is 2. The van der Waals surface area contributed by atoms with E-state index in [1.807, 2.05) is 17.9 Å². The minimum Gasteiger partial charge on any atom is -0.349 e. The summed E-state index contributed by atoms with van der Waals surface area (Å²) in [7, 11) is 0. The van der Waals surface area contributed by atoms with Crippen LogP contribution in [0.25, 0.3) is 0 Å². The Morgan fingerprint density at radius 1 is 1.57 bits per heavy atom. The van der Waals surface area contributed by atoms with Crippen LogP contribution in [0, 0.1) is 6.92 Å². The first kappa shape index (κ1) is 9.65. The van der Waals surface area contributed by atoms with Gasteiger partial charge in [0, 0.05) is 23.6 Å². The maximum absolute atomic E-state index is 11.1. The van der Waals surface area contributed by atoms with Gasteiger partial charge in [-0.25, -0.2) is 4.98 Å². The first-order valence-corrected chi connectivity index (χ1v) is 5.35. The minimum absolute atomic E-state index is 0.298. The summed E-state index contributed by atoms with van der Waals surface area (Å²) in [5, 5.41) is 0. The first-order chi connectivity index (χ1) is 6.66. The van der Waals surface area contributed by atoms with Gasteiger partial charge >= 0.3 is 0 Å². The van der Waals surface area contributed by atoms with Crippen LogP contribution in [-0.4, -0.2) is 23.9 Å². The number of carbonyl (C=O) groups is 1. The van der Waals surface area contributed by atoms with Crippen molar-refractivity contribution in [2.45, 2.75) is 13.3 Å². The Kier molecular flexibility index (Phi) is 2.54. The standard InChI is InChI=1S/C10H11BrN2O/c1-7-4-10(12-5-9(7)11)13-3-2-8(14)6-13/h4-5H,2-3,6H2,1H3. The zero-order chi connectivity index (χ0) is 10.1. The molecule has 2 heterocycles. The number of aromatic nitrogens is 1. The molecule has 1 saturated heterocycles. The second-order valence-electron chi connectivity index (χ2n) is 3.50. The third-order valence-corrected chi connectivity index (χ3v) is 3.21. The van der Waals surface area contributed by atoms with Crippen LogP contribution in [0.3, 0.4) is 0 Å². The van der Waals surface area contributed by atoms with E-state index in [2.05, 4.69) is 20.9 Å². The van der Waals surface area contributed by atoms with E-state index in [1.54, 1.807) is 6.20 Å². The Labute approximate surface area is 91.3 Å². The smallest absolute Gasteiger partial charge is 0.153 e. The van der Waals surface area contributed by atoms with E-state index in [0.717, 1.165) is 22.4 Å². The van der Waals surface area contributed by atoms with Gasteiger partial charge in [0.05, 0.1) is 6.54 Å². The molecule has 74 valence electrons. The molecule has 0 unspecified atom stereocenters. The zero-order valence-electron chi connectivity index (χ0n) is 7.96. The van der Waals surface area contributed by atoms with Crippen molar-refractivity contribution in [3.05, 3.63) is 22.3 Å². The number of pyridine rings is 1. The highest BCUT2D eigenvalue weighted by molar-refractivity contribution is 9.10. The highest BCUT2D eigenvalue weighted by Crippen LogP contribution is 2.21. The first-order valence-electron chi connectivity index (χ1n) is 4.55. The van der Waals surface area contributed by atoms with Gasteiger partial charge in [-0.05, 0) is 34.5 Å². The van der Waals surface area contributed by atoms with Crippen molar-refractivity contribution in [1.29, 1.82) is 0 Å². The normalized spacial score (nSPS) is 16.4. The van der Waals surface area contributed by atoms with E-state index in [-0.39, 0.29) is 0 Å². The number of aryl methyl sites for hydroxylation is 1. The molecule has 0 spiro atoms. The third-order valence-electron chi connectivity index (χ3n) is 2.38. The summed E-state index contributed by atoms with van der Waals surface area (Å²) in [6, 6.07) is 2.00. The lowest BCUT2D eigenvalue weighted by atomic mass is 10.3. The van der Waals surface area contributed by atoms with Crippen LogP contribution in [-0.2, 0) is 4.79 Å². The van der Waals surface area contributed by atoms with Gasteiger partial charge in [-0.1, -0.05) is 0 Å². The predicted octanol–water partition coefficient (Wildman–Crippen LogP) is 1.93. The average molecular weight is 255 g/mol. The maximum Gasteiger partial charge on any atom is 0.153 e. The van der Waals surface area contributed by atoms with E-state index >= 15 is 0 Å². The van der Waals surface area contributed by atoms with Crippen molar-refractivity contribution in [1.82, 2.24) is 4.98 Å². The lowest BCUT2D eigenvalue weighted by Crippen LogP contribution is -2.20.